The van der Waals surface area contributed by atoms with Gasteiger partial charge in [-0.15, -0.1) is 0 Å². The van der Waals surface area contributed by atoms with Crippen LogP contribution in [0.4, 0.5) is 0 Å². The van der Waals surface area contributed by atoms with Gasteiger partial charge in [-0.2, -0.15) is 17.9 Å². The monoisotopic (exact) mass is 448 g/mol. The van der Waals surface area contributed by atoms with Crippen molar-refractivity contribution in [2.24, 2.45) is 11.1 Å². The van der Waals surface area contributed by atoms with Gasteiger partial charge in [-0.05, 0) is 18.2 Å². The summed E-state index contributed by atoms with van der Waals surface area (Å²) in [6.07, 6.45) is 0.684. The minimum atomic E-state index is -0.898. The maximum atomic E-state index is 12.8. The van der Waals surface area contributed by atoms with Crippen LogP contribution in [0.1, 0.15) is 51.6 Å². The molecule has 4 N–H and O–H groups in total. The molecule has 31 heavy (non-hydrogen) atoms. The Morgan fingerprint density at radius 2 is 1.94 bits per heavy atom. The van der Waals surface area contributed by atoms with Gasteiger partial charge < -0.3 is 21.1 Å². The molecule has 3 amide bonds. The molecule has 170 valence electrons. The van der Waals surface area contributed by atoms with Gasteiger partial charge in [-0.25, -0.2) is 0 Å². The lowest BCUT2D eigenvalue weighted by Gasteiger charge is -2.46. The molecule has 2 heterocycles. The van der Waals surface area contributed by atoms with Crippen LogP contribution in [0.2, 0.25) is 0 Å². The average molecular weight is 449 g/mol. The highest BCUT2D eigenvalue weighted by atomic mass is 32.1. The summed E-state index contributed by atoms with van der Waals surface area (Å²) in [7, 11) is 0. The second-order valence-corrected chi connectivity index (χ2v) is 7.86. The third kappa shape index (κ3) is 5.57. The summed E-state index contributed by atoms with van der Waals surface area (Å²) in [4.78, 5) is 36.4. The molecule has 0 aliphatic carbocycles. The molecular formula is C22H32N4O4S. The summed E-state index contributed by atoms with van der Waals surface area (Å²) in [6, 6.07) is 11.4. The van der Waals surface area contributed by atoms with Crippen LogP contribution in [0.15, 0.2) is 30.3 Å². The van der Waals surface area contributed by atoms with E-state index in [4.69, 9.17) is 5.11 Å². The number of rotatable bonds is 5. The minimum absolute atomic E-state index is 0.0694. The normalized spacial score (nSPS) is 25.7. The fourth-order valence-electron chi connectivity index (χ4n) is 3.99. The lowest BCUT2D eigenvalue weighted by molar-refractivity contribution is -0.154. The minimum Gasteiger partial charge on any atom is -0.396 e. The molecule has 2 saturated heterocycles. The Balaban J connectivity index is 0.000000521. The van der Waals surface area contributed by atoms with E-state index in [-0.39, 0.29) is 31.3 Å². The van der Waals surface area contributed by atoms with Gasteiger partial charge in [-0.1, -0.05) is 44.2 Å². The number of carbonyl (C=O) groups is 3. The van der Waals surface area contributed by atoms with Crippen molar-refractivity contribution in [1.29, 1.82) is 5.26 Å². The zero-order valence-corrected chi connectivity index (χ0v) is 19.2. The molecule has 2 aliphatic rings. The summed E-state index contributed by atoms with van der Waals surface area (Å²) in [5, 5.41) is 20.5. The number of aliphatic hydroxyl groups excluding tert-OH is 1. The number of nitrogens with one attached hydrogen (secondary N) is 1. The first-order valence-corrected chi connectivity index (χ1v) is 11.0. The summed E-state index contributed by atoms with van der Waals surface area (Å²) in [6.45, 7) is 6.10. The van der Waals surface area contributed by atoms with Gasteiger partial charge in [0, 0.05) is 19.3 Å². The number of carbonyl (C=O) groups excluding carboxylic acids is 3. The van der Waals surface area contributed by atoms with E-state index in [1.807, 2.05) is 51.1 Å². The second-order valence-electron chi connectivity index (χ2n) is 7.41. The van der Waals surface area contributed by atoms with Gasteiger partial charge in [0.05, 0.1) is 30.7 Å². The summed E-state index contributed by atoms with van der Waals surface area (Å²) in [5.41, 5.74) is 3.80. The first-order valence-electron chi connectivity index (χ1n) is 10.3. The number of primary amides is 1. The Labute approximate surface area is 189 Å². The number of nitriles is 1. The fraction of sp³-hybridized carbons (Fsp3) is 0.545. The largest absolute Gasteiger partial charge is 0.396 e. The molecule has 0 bridgehead atoms. The molecule has 3 rings (SSSR count). The highest BCUT2D eigenvalue weighted by Gasteiger charge is 2.66. The molecule has 2 fully saturated rings. The first kappa shape index (κ1) is 26.5. The molecule has 8 nitrogen and oxygen atoms in total. The Bertz CT molecular complexity index is 813. The summed E-state index contributed by atoms with van der Waals surface area (Å²) < 4.78 is 0. The molecule has 3 atom stereocenters. The van der Waals surface area contributed by atoms with Crippen LogP contribution in [0.25, 0.3) is 0 Å². The molecular weight excluding hydrogens is 416 g/mol. The van der Waals surface area contributed by atoms with Crippen LogP contribution >= 0.6 is 12.6 Å². The average Bonchev–Trinajstić information content (AvgIpc) is 3.07. The standard InChI is InChI=1S/C17H19N3O2S.C3H7NO2.C2H6/c1-16(10-18)9-17(11-19-15(17)22)20(13(21)7-8-23)14(16)12-5-3-2-4-6-12;4-3(6)1-2-5;1-2/h2-6,14,23H,7-9,11H2,1H3,(H,19,22);5H,1-2H2,(H2,4,6);1-2H3. The van der Waals surface area contributed by atoms with E-state index in [1.54, 1.807) is 4.90 Å². The van der Waals surface area contributed by atoms with Crippen molar-refractivity contribution in [3.63, 3.8) is 0 Å². The lowest BCUT2D eigenvalue weighted by Crippen LogP contribution is -2.71. The lowest BCUT2D eigenvalue weighted by atomic mass is 9.75. The van der Waals surface area contributed by atoms with E-state index in [9.17, 15) is 19.6 Å². The molecule has 9 heteroatoms. The zero-order valence-electron chi connectivity index (χ0n) is 18.3. The van der Waals surface area contributed by atoms with E-state index in [2.05, 4.69) is 29.7 Å². The third-order valence-corrected chi connectivity index (χ3v) is 5.49. The number of nitrogens with zero attached hydrogens (tertiary/aromatic N) is 2. The molecule has 0 saturated carbocycles. The Morgan fingerprint density at radius 3 is 2.29 bits per heavy atom. The van der Waals surface area contributed by atoms with Crippen molar-refractivity contribution < 1.29 is 19.5 Å². The first-order chi connectivity index (χ1) is 14.8. The highest BCUT2D eigenvalue weighted by Crippen LogP contribution is 2.56. The Morgan fingerprint density at radius 1 is 1.32 bits per heavy atom. The zero-order chi connectivity index (χ0) is 23.7. The van der Waals surface area contributed by atoms with E-state index in [0.717, 1.165) is 5.56 Å². The number of likely N-dealkylation sites (tertiary alicyclic amines) is 1. The number of benzene rings is 1. The van der Waals surface area contributed by atoms with Gasteiger partial charge in [0.2, 0.25) is 17.7 Å². The topological polar surface area (TPSA) is 137 Å². The molecule has 1 spiro atoms. The van der Waals surface area contributed by atoms with Crippen molar-refractivity contribution >= 4 is 30.4 Å². The number of amides is 3. The van der Waals surface area contributed by atoms with Crippen LogP contribution in [-0.4, -0.2) is 52.2 Å². The molecule has 2 aliphatic heterocycles. The number of hydrogen-bond acceptors (Lipinski definition) is 6. The molecule has 1 aromatic rings. The quantitative estimate of drug-likeness (QED) is 0.400. The fourth-order valence-corrected chi connectivity index (χ4v) is 4.18. The molecule has 1 aromatic carbocycles. The van der Waals surface area contributed by atoms with Crippen molar-refractivity contribution in [3.8, 4) is 6.07 Å². The van der Waals surface area contributed by atoms with E-state index in [0.29, 0.717) is 18.7 Å². The predicted molar refractivity (Wildman–Crippen MR) is 121 cm³/mol. The van der Waals surface area contributed by atoms with Gasteiger partial charge in [0.15, 0.2) is 0 Å². The number of hydrogen-bond donors (Lipinski definition) is 4. The maximum absolute atomic E-state index is 12.8. The molecule has 0 aromatic heterocycles. The molecule has 0 radical (unpaired) electrons. The highest BCUT2D eigenvalue weighted by molar-refractivity contribution is 7.80. The van der Waals surface area contributed by atoms with E-state index >= 15 is 0 Å². The van der Waals surface area contributed by atoms with Gasteiger partial charge in [-0.3, -0.25) is 14.4 Å². The van der Waals surface area contributed by atoms with Crippen molar-refractivity contribution in [2.45, 2.75) is 51.6 Å². The molecule has 3 unspecified atom stereocenters. The van der Waals surface area contributed by atoms with Crippen LogP contribution in [0.5, 0.6) is 0 Å². The maximum Gasteiger partial charge on any atom is 0.248 e. The van der Waals surface area contributed by atoms with Gasteiger partial charge in [0.1, 0.15) is 5.54 Å². The second kappa shape index (κ2) is 11.7. The third-order valence-electron chi connectivity index (χ3n) is 5.27. The van der Waals surface area contributed by atoms with Crippen molar-refractivity contribution in [2.75, 3.05) is 18.9 Å². The van der Waals surface area contributed by atoms with Gasteiger partial charge in [0.25, 0.3) is 0 Å². The number of aliphatic hydroxyl groups is 1. The number of β-lactam (4-membered cyclic amide) rings is 1. The SMILES string of the molecule is CC.CC1(C#N)CC2(CNC2=O)N(C(=O)CCS)C1c1ccccc1.NC(=O)CCO. The van der Waals surface area contributed by atoms with Crippen molar-refractivity contribution in [1.82, 2.24) is 10.2 Å². The Hall–Kier alpha value is -2.57. The van der Waals surface area contributed by atoms with Crippen LogP contribution in [0, 0.1) is 16.7 Å². The van der Waals surface area contributed by atoms with Gasteiger partial charge >= 0.3 is 0 Å². The number of thiol groups is 1. The van der Waals surface area contributed by atoms with E-state index in [1.165, 1.54) is 0 Å². The van der Waals surface area contributed by atoms with Crippen LogP contribution in [0.3, 0.4) is 0 Å². The summed E-state index contributed by atoms with van der Waals surface area (Å²) in [5.74, 6) is -0.331. The number of nitrogens with two attached hydrogens (primary N) is 1. The van der Waals surface area contributed by atoms with Crippen LogP contribution < -0.4 is 11.1 Å². The summed E-state index contributed by atoms with van der Waals surface area (Å²) >= 11 is 4.15. The van der Waals surface area contributed by atoms with Crippen LogP contribution in [-0.2, 0) is 14.4 Å². The smallest absolute Gasteiger partial charge is 0.248 e. The van der Waals surface area contributed by atoms with E-state index < -0.39 is 22.9 Å². The predicted octanol–water partition coefficient (Wildman–Crippen LogP) is 1.56. The Kier molecular flexibility index (Phi) is 10.0. The van der Waals surface area contributed by atoms with Crippen molar-refractivity contribution in [3.05, 3.63) is 35.9 Å².